The summed E-state index contributed by atoms with van der Waals surface area (Å²) < 4.78 is 5.75. The van der Waals surface area contributed by atoms with Crippen molar-refractivity contribution in [3.05, 3.63) is 60.7 Å². The van der Waals surface area contributed by atoms with Crippen LogP contribution in [0.25, 0.3) is 0 Å². The average molecular weight is 367 g/mol. The van der Waals surface area contributed by atoms with Crippen LogP contribution >= 0.6 is 0 Å². The van der Waals surface area contributed by atoms with Crippen molar-refractivity contribution in [2.24, 2.45) is 17.8 Å². The van der Waals surface area contributed by atoms with Crippen LogP contribution in [0.4, 0.5) is 0 Å². The van der Waals surface area contributed by atoms with E-state index in [1.165, 1.54) is 56.9 Å². The number of rotatable bonds is 9. The van der Waals surface area contributed by atoms with Gasteiger partial charge in [-0.1, -0.05) is 36.4 Å². The molecule has 2 fully saturated rings. The van der Waals surface area contributed by atoms with Gasteiger partial charge < -0.3 is 4.74 Å². The van der Waals surface area contributed by atoms with E-state index in [1.54, 1.807) is 5.56 Å². The zero-order valence-corrected chi connectivity index (χ0v) is 17.1. The van der Waals surface area contributed by atoms with Crippen molar-refractivity contribution in [3.8, 4) is 0 Å². The largest absolute Gasteiger partial charge is 0.377 e. The lowest BCUT2D eigenvalue weighted by molar-refractivity contribution is 0.119. The molecule has 0 amide bonds. The van der Waals surface area contributed by atoms with Crippen LogP contribution in [0.3, 0.4) is 0 Å². The lowest BCUT2D eigenvalue weighted by Crippen LogP contribution is -2.25. The van der Waals surface area contributed by atoms with Crippen LogP contribution < -0.4 is 0 Å². The molecule has 1 aromatic rings. The SMILES string of the molecule is C=CCCCOCc1ccc(C2CCC([C@H]3CC[C@H](C=C)CC3)CC2)cc1. The summed E-state index contributed by atoms with van der Waals surface area (Å²) in [5.41, 5.74) is 2.84. The van der Waals surface area contributed by atoms with Crippen LogP contribution in [0.5, 0.6) is 0 Å². The van der Waals surface area contributed by atoms with Crippen LogP contribution in [0.15, 0.2) is 49.6 Å². The summed E-state index contributed by atoms with van der Waals surface area (Å²) in [6, 6.07) is 9.24. The van der Waals surface area contributed by atoms with Gasteiger partial charge in [0.1, 0.15) is 0 Å². The first-order valence-corrected chi connectivity index (χ1v) is 11.2. The first-order valence-electron chi connectivity index (χ1n) is 11.2. The second-order valence-electron chi connectivity index (χ2n) is 8.75. The third kappa shape index (κ3) is 6.07. The van der Waals surface area contributed by atoms with E-state index in [2.05, 4.69) is 43.5 Å². The zero-order valence-electron chi connectivity index (χ0n) is 17.1. The van der Waals surface area contributed by atoms with Gasteiger partial charge in [-0.25, -0.2) is 0 Å². The second kappa shape index (κ2) is 10.9. The number of hydrogen-bond donors (Lipinski definition) is 0. The molecule has 0 N–H and O–H groups in total. The minimum atomic E-state index is 0.734. The summed E-state index contributed by atoms with van der Waals surface area (Å²) in [6.07, 6.45) is 17.5. The molecule has 0 unspecified atom stereocenters. The average Bonchev–Trinajstić information content (AvgIpc) is 2.74. The third-order valence-electron chi connectivity index (χ3n) is 7.01. The lowest BCUT2D eigenvalue weighted by atomic mass is 9.68. The molecule has 1 aromatic carbocycles. The van der Waals surface area contributed by atoms with Crippen molar-refractivity contribution >= 4 is 0 Å². The minimum Gasteiger partial charge on any atom is -0.377 e. The fourth-order valence-corrected chi connectivity index (χ4v) is 5.18. The molecule has 1 nitrogen and oxygen atoms in total. The first-order chi connectivity index (χ1) is 13.3. The number of allylic oxidation sites excluding steroid dienone is 2. The molecule has 0 bridgehead atoms. The maximum Gasteiger partial charge on any atom is 0.0716 e. The summed E-state index contributed by atoms with van der Waals surface area (Å²) >= 11 is 0. The van der Waals surface area contributed by atoms with Gasteiger partial charge in [0.05, 0.1) is 6.61 Å². The second-order valence-corrected chi connectivity index (χ2v) is 8.75. The van der Waals surface area contributed by atoms with Crippen LogP contribution in [0.1, 0.15) is 81.3 Å². The Morgan fingerprint density at radius 2 is 1.48 bits per heavy atom. The van der Waals surface area contributed by atoms with Crippen molar-refractivity contribution in [3.63, 3.8) is 0 Å². The van der Waals surface area contributed by atoms with Crippen LogP contribution in [-0.2, 0) is 11.3 Å². The highest BCUT2D eigenvalue weighted by Crippen LogP contribution is 2.44. The van der Waals surface area contributed by atoms with Gasteiger partial charge in [0.15, 0.2) is 0 Å². The molecule has 1 heteroatoms. The molecule has 3 rings (SSSR count). The maximum atomic E-state index is 5.75. The Balaban J connectivity index is 1.40. The zero-order chi connectivity index (χ0) is 18.9. The van der Waals surface area contributed by atoms with E-state index in [-0.39, 0.29) is 0 Å². The molecule has 2 saturated carbocycles. The summed E-state index contributed by atoms with van der Waals surface area (Å²) in [6.45, 7) is 9.30. The van der Waals surface area contributed by atoms with Crippen molar-refractivity contribution in [1.29, 1.82) is 0 Å². The van der Waals surface area contributed by atoms with Crippen LogP contribution in [0.2, 0.25) is 0 Å². The Hall–Kier alpha value is -1.34. The fraction of sp³-hybridized carbons (Fsp3) is 0.615. The predicted octanol–water partition coefficient (Wildman–Crippen LogP) is 7.44. The Morgan fingerprint density at radius 1 is 0.852 bits per heavy atom. The van der Waals surface area contributed by atoms with Gasteiger partial charge in [0.2, 0.25) is 0 Å². The molecular weight excluding hydrogens is 328 g/mol. The van der Waals surface area contributed by atoms with Crippen molar-refractivity contribution in [2.45, 2.75) is 76.7 Å². The van der Waals surface area contributed by atoms with Crippen molar-refractivity contribution in [1.82, 2.24) is 0 Å². The topological polar surface area (TPSA) is 9.23 Å². The van der Waals surface area contributed by atoms with Gasteiger partial charge in [0.25, 0.3) is 0 Å². The Bertz CT molecular complexity index is 556. The predicted molar refractivity (Wildman–Crippen MR) is 116 cm³/mol. The molecule has 0 heterocycles. The van der Waals surface area contributed by atoms with Crippen LogP contribution in [-0.4, -0.2) is 6.61 Å². The van der Waals surface area contributed by atoms with E-state index in [4.69, 9.17) is 4.74 Å². The summed E-state index contributed by atoms with van der Waals surface area (Å²) in [4.78, 5) is 0. The quantitative estimate of drug-likeness (QED) is 0.326. The number of unbranched alkanes of at least 4 members (excludes halogenated alkanes) is 1. The number of ether oxygens (including phenoxy) is 1. The molecule has 0 aliphatic heterocycles. The van der Waals surface area contributed by atoms with Gasteiger partial charge in [-0.3, -0.25) is 0 Å². The molecule has 0 aromatic heterocycles. The molecule has 0 radical (unpaired) electrons. The summed E-state index contributed by atoms with van der Waals surface area (Å²) in [7, 11) is 0. The first kappa shape index (κ1) is 20.4. The molecule has 2 aliphatic carbocycles. The molecule has 148 valence electrons. The van der Waals surface area contributed by atoms with E-state index in [9.17, 15) is 0 Å². The fourth-order valence-electron chi connectivity index (χ4n) is 5.18. The van der Waals surface area contributed by atoms with Gasteiger partial charge >= 0.3 is 0 Å². The van der Waals surface area contributed by atoms with E-state index < -0.39 is 0 Å². The van der Waals surface area contributed by atoms with Gasteiger partial charge in [-0.15, -0.1) is 13.2 Å². The lowest BCUT2D eigenvalue weighted by Gasteiger charge is -2.37. The van der Waals surface area contributed by atoms with Gasteiger partial charge in [-0.2, -0.15) is 0 Å². The van der Waals surface area contributed by atoms with Gasteiger partial charge in [-0.05, 0) is 99.0 Å². The molecule has 0 atom stereocenters. The Labute approximate surface area is 166 Å². The van der Waals surface area contributed by atoms with Gasteiger partial charge in [0, 0.05) is 6.61 Å². The van der Waals surface area contributed by atoms with Crippen molar-refractivity contribution in [2.75, 3.05) is 6.61 Å². The summed E-state index contributed by atoms with van der Waals surface area (Å²) in [5, 5.41) is 0. The van der Waals surface area contributed by atoms with Crippen LogP contribution in [0, 0.1) is 17.8 Å². The molecular formula is C26H38O. The van der Waals surface area contributed by atoms with E-state index in [0.29, 0.717) is 0 Å². The summed E-state index contributed by atoms with van der Waals surface area (Å²) in [5.74, 6) is 3.54. The smallest absolute Gasteiger partial charge is 0.0716 e. The normalized spacial score (nSPS) is 28.6. The number of benzene rings is 1. The molecule has 0 spiro atoms. The van der Waals surface area contributed by atoms with Crippen molar-refractivity contribution < 1.29 is 4.74 Å². The highest BCUT2D eigenvalue weighted by Gasteiger charge is 2.30. The highest BCUT2D eigenvalue weighted by molar-refractivity contribution is 5.25. The Kier molecular flexibility index (Phi) is 8.20. The molecule has 2 aliphatic rings. The van der Waals surface area contributed by atoms with E-state index in [0.717, 1.165) is 49.7 Å². The highest BCUT2D eigenvalue weighted by atomic mass is 16.5. The van der Waals surface area contributed by atoms with E-state index >= 15 is 0 Å². The monoisotopic (exact) mass is 366 g/mol. The molecule has 27 heavy (non-hydrogen) atoms. The standard InChI is InChI=1S/C26H38O/c1-3-5-6-19-27-20-22-9-13-24(14-10-22)26-17-15-25(16-18-26)23-11-7-21(4-2)8-12-23/h3-4,9-10,13-14,21,23,25-26H,1-2,5-8,11-12,15-20H2/t21-,23-,25?,26?. The maximum absolute atomic E-state index is 5.75. The number of hydrogen-bond acceptors (Lipinski definition) is 1. The minimum absolute atomic E-state index is 0.734. The third-order valence-corrected chi connectivity index (χ3v) is 7.01. The molecule has 0 saturated heterocycles. The Morgan fingerprint density at radius 3 is 2.07 bits per heavy atom. The van der Waals surface area contributed by atoms with E-state index in [1.807, 2.05) is 6.08 Å².